The summed E-state index contributed by atoms with van der Waals surface area (Å²) in [4.78, 5) is 0.697. The molecule has 1 N–H and O–H groups in total. The van der Waals surface area contributed by atoms with Crippen molar-refractivity contribution in [2.24, 2.45) is 0 Å². The van der Waals surface area contributed by atoms with E-state index in [4.69, 9.17) is 17.0 Å². The highest BCUT2D eigenvalue weighted by molar-refractivity contribution is 7.81. The zero-order valence-electron chi connectivity index (χ0n) is 10.2. The number of hydrogen-bond acceptors (Lipinski definition) is 2. The minimum atomic E-state index is 0.636. The van der Waals surface area contributed by atoms with Crippen molar-refractivity contribution < 1.29 is 4.74 Å². The van der Waals surface area contributed by atoms with E-state index in [2.05, 4.69) is 5.32 Å². The second-order valence-corrected chi connectivity index (χ2v) is 4.16. The van der Waals surface area contributed by atoms with Gasteiger partial charge in [-0.2, -0.15) is 0 Å². The molecule has 0 aromatic heterocycles. The van der Waals surface area contributed by atoms with E-state index in [9.17, 15) is 0 Å². The zero-order valence-corrected chi connectivity index (χ0v) is 11.0. The van der Waals surface area contributed by atoms with Crippen LogP contribution in [0.5, 0.6) is 5.75 Å². The standard InChI is InChI=1S/C15H15NOS/c1-2-17-14-11-7-6-10-13(14)16-15(18)12-8-4-3-5-9-12/h3-11H,2H2,1H3,(H,16,18). The van der Waals surface area contributed by atoms with Crippen LogP contribution in [0.15, 0.2) is 54.6 Å². The number of rotatable bonds is 4. The van der Waals surface area contributed by atoms with Crippen molar-refractivity contribution >= 4 is 22.9 Å². The van der Waals surface area contributed by atoms with Crippen LogP contribution in [-0.4, -0.2) is 11.6 Å². The molecule has 3 heteroatoms. The molecular weight excluding hydrogens is 242 g/mol. The summed E-state index contributed by atoms with van der Waals surface area (Å²) in [6.45, 7) is 2.60. The number of nitrogens with one attached hydrogen (secondary N) is 1. The maximum atomic E-state index is 5.55. The van der Waals surface area contributed by atoms with Crippen molar-refractivity contribution in [1.29, 1.82) is 0 Å². The number of thiocarbonyl (C=S) groups is 1. The van der Waals surface area contributed by atoms with Crippen LogP contribution in [0.3, 0.4) is 0 Å². The lowest BCUT2D eigenvalue weighted by molar-refractivity contribution is 0.342. The van der Waals surface area contributed by atoms with Crippen molar-refractivity contribution in [2.75, 3.05) is 11.9 Å². The average molecular weight is 257 g/mol. The highest BCUT2D eigenvalue weighted by atomic mass is 32.1. The molecule has 0 aliphatic rings. The van der Waals surface area contributed by atoms with Gasteiger partial charge in [0, 0.05) is 5.56 Å². The first kappa shape index (κ1) is 12.6. The van der Waals surface area contributed by atoms with Crippen LogP contribution < -0.4 is 10.1 Å². The largest absolute Gasteiger partial charge is 0.492 e. The van der Waals surface area contributed by atoms with E-state index in [0.29, 0.717) is 11.6 Å². The van der Waals surface area contributed by atoms with Gasteiger partial charge in [0.25, 0.3) is 0 Å². The van der Waals surface area contributed by atoms with Crippen molar-refractivity contribution in [3.8, 4) is 5.75 Å². The normalized spacial score (nSPS) is 9.83. The van der Waals surface area contributed by atoms with Crippen LogP contribution in [0.2, 0.25) is 0 Å². The first-order valence-corrected chi connectivity index (χ1v) is 6.30. The zero-order chi connectivity index (χ0) is 12.8. The molecule has 18 heavy (non-hydrogen) atoms. The van der Waals surface area contributed by atoms with Crippen LogP contribution in [0.1, 0.15) is 12.5 Å². The van der Waals surface area contributed by atoms with Crippen molar-refractivity contribution in [3.63, 3.8) is 0 Å². The predicted octanol–water partition coefficient (Wildman–Crippen LogP) is 3.87. The lowest BCUT2D eigenvalue weighted by Gasteiger charge is -2.12. The Kier molecular flexibility index (Phi) is 4.31. The maximum Gasteiger partial charge on any atom is 0.142 e. The Morgan fingerprint density at radius 3 is 2.44 bits per heavy atom. The second kappa shape index (κ2) is 6.17. The molecular formula is C15H15NOS. The van der Waals surface area contributed by atoms with Crippen LogP contribution >= 0.6 is 12.2 Å². The van der Waals surface area contributed by atoms with Crippen LogP contribution in [0, 0.1) is 0 Å². The maximum absolute atomic E-state index is 5.55. The third-order valence-electron chi connectivity index (χ3n) is 2.47. The number of ether oxygens (including phenoxy) is 1. The van der Waals surface area contributed by atoms with Gasteiger partial charge in [0.05, 0.1) is 12.3 Å². The van der Waals surface area contributed by atoms with Gasteiger partial charge in [-0.3, -0.25) is 0 Å². The Morgan fingerprint density at radius 2 is 1.72 bits per heavy atom. The van der Waals surface area contributed by atoms with Crippen LogP contribution in [0.4, 0.5) is 5.69 Å². The highest BCUT2D eigenvalue weighted by Gasteiger charge is 2.05. The fourth-order valence-electron chi connectivity index (χ4n) is 1.64. The molecule has 0 atom stereocenters. The van der Waals surface area contributed by atoms with E-state index >= 15 is 0 Å². The fourth-order valence-corrected chi connectivity index (χ4v) is 1.88. The van der Waals surface area contributed by atoms with E-state index in [1.165, 1.54) is 0 Å². The molecule has 0 aliphatic heterocycles. The molecule has 2 aromatic rings. The molecule has 0 fully saturated rings. The summed E-state index contributed by atoms with van der Waals surface area (Å²) in [5.74, 6) is 0.818. The van der Waals surface area contributed by atoms with E-state index in [0.717, 1.165) is 17.0 Å². The van der Waals surface area contributed by atoms with Crippen LogP contribution in [-0.2, 0) is 0 Å². The second-order valence-electron chi connectivity index (χ2n) is 3.75. The summed E-state index contributed by atoms with van der Waals surface area (Å²) >= 11 is 5.38. The number of hydrogen-bond donors (Lipinski definition) is 1. The molecule has 92 valence electrons. The van der Waals surface area contributed by atoms with Crippen LogP contribution in [0.25, 0.3) is 0 Å². The number of para-hydroxylation sites is 2. The van der Waals surface area contributed by atoms with E-state index in [-0.39, 0.29) is 0 Å². The lowest BCUT2D eigenvalue weighted by Crippen LogP contribution is -2.11. The Balaban J connectivity index is 2.17. The van der Waals surface area contributed by atoms with Crippen molar-refractivity contribution in [2.45, 2.75) is 6.92 Å². The Morgan fingerprint density at radius 1 is 1.06 bits per heavy atom. The van der Waals surface area contributed by atoms with Gasteiger partial charge in [-0.15, -0.1) is 0 Å². The molecule has 0 saturated heterocycles. The summed E-state index contributed by atoms with van der Waals surface area (Å²) in [6, 6.07) is 17.7. The third kappa shape index (κ3) is 3.08. The van der Waals surface area contributed by atoms with E-state index in [1.54, 1.807) is 0 Å². The van der Waals surface area contributed by atoms with Crippen molar-refractivity contribution in [3.05, 3.63) is 60.2 Å². The summed E-state index contributed by atoms with van der Waals surface area (Å²) in [5, 5.41) is 3.22. The molecule has 0 unspecified atom stereocenters. The Hall–Kier alpha value is -1.87. The molecule has 0 bridgehead atoms. The molecule has 0 heterocycles. The Bertz CT molecular complexity index is 525. The van der Waals surface area contributed by atoms with Gasteiger partial charge < -0.3 is 10.1 Å². The molecule has 0 amide bonds. The SMILES string of the molecule is CCOc1ccccc1NC(=S)c1ccccc1. The monoisotopic (exact) mass is 257 g/mol. The first-order valence-electron chi connectivity index (χ1n) is 5.89. The summed E-state index contributed by atoms with van der Waals surface area (Å²) in [7, 11) is 0. The Labute approximate surface area is 113 Å². The molecule has 0 radical (unpaired) electrons. The third-order valence-corrected chi connectivity index (χ3v) is 2.81. The van der Waals surface area contributed by atoms with Crippen molar-refractivity contribution in [1.82, 2.24) is 0 Å². The number of anilines is 1. The minimum Gasteiger partial charge on any atom is -0.492 e. The van der Waals surface area contributed by atoms with E-state index in [1.807, 2.05) is 61.5 Å². The lowest BCUT2D eigenvalue weighted by atomic mass is 10.2. The van der Waals surface area contributed by atoms with Gasteiger partial charge in [-0.25, -0.2) is 0 Å². The minimum absolute atomic E-state index is 0.636. The highest BCUT2D eigenvalue weighted by Crippen LogP contribution is 2.24. The smallest absolute Gasteiger partial charge is 0.142 e. The molecule has 0 saturated carbocycles. The van der Waals surface area contributed by atoms with Gasteiger partial charge in [0.1, 0.15) is 10.7 Å². The predicted molar refractivity (Wildman–Crippen MR) is 79.4 cm³/mol. The van der Waals surface area contributed by atoms with Gasteiger partial charge in [0.15, 0.2) is 0 Å². The molecule has 2 nitrogen and oxygen atoms in total. The quantitative estimate of drug-likeness (QED) is 0.840. The van der Waals surface area contributed by atoms with Gasteiger partial charge >= 0.3 is 0 Å². The first-order chi connectivity index (χ1) is 8.81. The summed E-state index contributed by atoms with van der Waals surface area (Å²) in [5.41, 5.74) is 1.90. The summed E-state index contributed by atoms with van der Waals surface area (Å²) in [6.07, 6.45) is 0. The van der Waals surface area contributed by atoms with Gasteiger partial charge in [-0.05, 0) is 19.1 Å². The summed E-state index contributed by atoms with van der Waals surface area (Å²) < 4.78 is 5.55. The van der Waals surface area contributed by atoms with E-state index < -0.39 is 0 Å². The fraction of sp³-hybridized carbons (Fsp3) is 0.133. The average Bonchev–Trinajstić information content (AvgIpc) is 2.42. The topological polar surface area (TPSA) is 21.3 Å². The molecule has 2 aromatic carbocycles. The van der Waals surface area contributed by atoms with Gasteiger partial charge in [0.2, 0.25) is 0 Å². The molecule has 2 rings (SSSR count). The number of benzene rings is 2. The van der Waals surface area contributed by atoms with Gasteiger partial charge in [-0.1, -0.05) is 54.7 Å². The molecule has 0 spiro atoms. The molecule has 0 aliphatic carbocycles.